The second kappa shape index (κ2) is 10.1. The van der Waals surface area contributed by atoms with Gasteiger partial charge in [-0.05, 0) is 54.1 Å². The number of hydrogen-bond acceptors (Lipinski definition) is 5. The molecule has 4 rings (SSSR count). The summed E-state index contributed by atoms with van der Waals surface area (Å²) in [6, 6.07) is 12.4. The van der Waals surface area contributed by atoms with Gasteiger partial charge in [0.1, 0.15) is 6.54 Å². The maximum absolute atomic E-state index is 13.5. The van der Waals surface area contributed by atoms with E-state index in [0.29, 0.717) is 23.0 Å². The number of likely N-dealkylation sites (N-methyl/N-ethyl adjacent to an activating group) is 1. The van der Waals surface area contributed by atoms with Gasteiger partial charge in [-0.1, -0.05) is 35.3 Å². The van der Waals surface area contributed by atoms with Crippen LogP contribution in [0.1, 0.15) is 39.3 Å². The molecule has 0 aliphatic carbocycles. The van der Waals surface area contributed by atoms with Crippen molar-refractivity contribution in [3.63, 3.8) is 0 Å². The lowest BCUT2D eigenvalue weighted by Gasteiger charge is -2.38. The summed E-state index contributed by atoms with van der Waals surface area (Å²) in [6.45, 7) is 2.37. The molecule has 2 amide bonds. The van der Waals surface area contributed by atoms with E-state index in [-0.39, 0.29) is 36.3 Å². The van der Waals surface area contributed by atoms with Crippen molar-refractivity contribution in [2.75, 3.05) is 19.6 Å². The zero-order valence-electron chi connectivity index (χ0n) is 18.2. The monoisotopic (exact) mass is 517 g/mol. The highest BCUT2D eigenvalue weighted by atomic mass is 35.5. The van der Waals surface area contributed by atoms with Gasteiger partial charge in [-0.25, -0.2) is 0 Å². The second-order valence-electron chi connectivity index (χ2n) is 7.83. The van der Waals surface area contributed by atoms with E-state index >= 15 is 0 Å². The fourth-order valence-corrected chi connectivity index (χ4v) is 5.58. The van der Waals surface area contributed by atoms with Crippen LogP contribution in [0.25, 0.3) is 0 Å². The molecule has 1 aliphatic rings. The number of hydrogen-bond donors (Lipinski definition) is 0. The van der Waals surface area contributed by atoms with Gasteiger partial charge < -0.3 is 9.80 Å². The zero-order valence-corrected chi connectivity index (χ0v) is 20.6. The first kappa shape index (κ1) is 24.2. The van der Waals surface area contributed by atoms with E-state index in [0.717, 1.165) is 11.1 Å². The molecule has 0 saturated carbocycles. The first-order valence-corrected chi connectivity index (χ1v) is 12.3. The van der Waals surface area contributed by atoms with E-state index in [1.807, 2.05) is 17.5 Å². The third kappa shape index (κ3) is 4.80. The van der Waals surface area contributed by atoms with Crippen LogP contribution in [0.2, 0.25) is 10.0 Å². The highest BCUT2D eigenvalue weighted by Crippen LogP contribution is 2.41. The number of nitro groups is 1. The molecule has 176 valence electrons. The highest BCUT2D eigenvalue weighted by Gasteiger charge is 2.35. The Labute approximate surface area is 210 Å². The number of amides is 2. The Morgan fingerprint density at radius 2 is 1.97 bits per heavy atom. The van der Waals surface area contributed by atoms with Crippen molar-refractivity contribution in [2.45, 2.75) is 19.4 Å². The molecule has 3 aromatic rings. The molecule has 1 aromatic heterocycles. The number of carbonyl (C=O) groups is 2. The van der Waals surface area contributed by atoms with Gasteiger partial charge >= 0.3 is 0 Å². The molecule has 1 atom stereocenters. The van der Waals surface area contributed by atoms with Crippen LogP contribution in [-0.2, 0) is 11.2 Å². The lowest BCUT2D eigenvalue weighted by atomic mass is 9.93. The fraction of sp³-hybridized carbons (Fsp3) is 0.250. The number of nitrogens with zero attached hydrogens (tertiary/aromatic N) is 3. The quantitative estimate of drug-likeness (QED) is 0.314. The number of rotatable bonds is 6. The second-order valence-corrected chi connectivity index (χ2v) is 9.68. The van der Waals surface area contributed by atoms with Crippen molar-refractivity contribution in [1.29, 1.82) is 0 Å². The number of nitro benzene ring substituents is 1. The minimum atomic E-state index is -0.551. The summed E-state index contributed by atoms with van der Waals surface area (Å²) < 4.78 is 0. The topological polar surface area (TPSA) is 83.8 Å². The molecule has 2 aromatic carbocycles. The molecule has 1 aliphatic heterocycles. The third-order valence-corrected chi connectivity index (χ3v) is 7.40. The molecule has 0 spiro atoms. The number of benzene rings is 2. The Kier molecular flexibility index (Phi) is 7.21. The minimum Gasteiger partial charge on any atom is -0.330 e. The Morgan fingerprint density at radius 1 is 1.18 bits per heavy atom. The van der Waals surface area contributed by atoms with Crippen LogP contribution in [0.4, 0.5) is 5.69 Å². The average Bonchev–Trinajstić information content (AvgIpc) is 3.31. The SMILES string of the molecule is CCN(CC(=O)N1CCc2sccc2C1c1ccc(Cl)cc1Cl)C(=O)c1cccc([N+](=O)[O-])c1. The van der Waals surface area contributed by atoms with Crippen LogP contribution in [0.15, 0.2) is 53.9 Å². The molecule has 1 unspecified atom stereocenters. The van der Waals surface area contributed by atoms with Crippen molar-refractivity contribution < 1.29 is 14.5 Å². The van der Waals surface area contributed by atoms with E-state index in [1.54, 1.807) is 35.3 Å². The molecule has 34 heavy (non-hydrogen) atoms. The van der Waals surface area contributed by atoms with Crippen molar-refractivity contribution in [2.24, 2.45) is 0 Å². The summed E-state index contributed by atoms with van der Waals surface area (Å²) in [4.78, 5) is 41.5. The Bertz CT molecular complexity index is 1260. The number of non-ortho nitro benzene ring substituents is 1. The molecule has 0 saturated heterocycles. The maximum atomic E-state index is 13.5. The summed E-state index contributed by atoms with van der Waals surface area (Å²) in [6.07, 6.45) is 0.714. The van der Waals surface area contributed by atoms with Crippen LogP contribution in [0, 0.1) is 10.1 Å². The summed E-state index contributed by atoms with van der Waals surface area (Å²) >= 11 is 14.3. The van der Waals surface area contributed by atoms with Gasteiger partial charge in [-0.2, -0.15) is 0 Å². The Hall–Kier alpha value is -2.94. The molecule has 0 radical (unpaired) electrons. The number of halogens is 2. The first-order chi connectivity index (χ1) is 16.3. The normalized spacial score (nSPS) is 15.0. The molecular formula is C24H21Cl2N3O4S. The van der Waals surface area contributed by atoms with Gasteiger partial charge in [0.2, 0.25) is 5.91 Å². The van der Waals surface area contributed by atoms with Crippen molar-refractivity contribution in [1.82, 2.24) is 9.80 Å². The Balaban J connectivity index is 1.62. The number of carbonyl (C=O) groups excluding carboxylic acids is 2. The first-order valence-electron chi connectivity index (χ1n) is 10.6. The largest absolute Gasteiger partial charge is 0.330 e. The van der Waals surface area contributed by atoms with E-state index in [4.69, 9.17) is 23.2 Å². The van der Waals surface area contributed by atoms with E-state index in [9.17, 15) is 19.7 Å². The average molecular weight is 518 g/mol. The standard InChI is InChI=1S/C24H21Cl2N3O4S/c1-2-27(24(31)15-4-3-5-17(12-15)29(32)33)14-22(30)28-10-8-21-19(9-11-34-21)23(28)18-7-6-16(25)13-20(18)26/h3-7,9,11-13,23H,2,8,10,14H2,1H3. The molecule has 0 bridgehead atoms. The van der Waals surface area contributed by atoms with Crippen molar-refractivity contribution in [3.8, 4) is 0 Å². The van der Waals surface area contributed by atoms with E-state index < -0.39 is 10.8 Å². The molecular weight excluding hydrogens is 497 g/mol. The van der Waals surface area contributed by atoms with E-state index in [2.05, 4.69) is 0 Å². The molecule has 10 heteroatoms. The van der Waals surface area contributed by atoms with Crippen LogP contribution >= 0.6 is 34.5 Å². The summed E-state index contributed by atoms with van der Waals surface area (Å²) in [7, 11) is 0. The van der Waals surface area contributed by atoms with Gasteiger partial charge in [0.25, 0.3) is 11.6 Å². The molecule has 0 N–H and O–H groups in total. The van der Waals surface area contributed by atoms with Crippen molar-refractivity contribution in [3.05, 3.63) is 95.6 Å². The van der Waals surface area contributed by atoms with Gasteiger partial charge in [-0.3, -0.25) is 19.7 Å². The van der Waals surface area contributed by atoms with Crippen LogP contribution in [-0.4, -0.2) is 46.2 Å². The predicted octanol–water partition coefficient (Wildman–Crippen LogP) is 5.60. The van der Waals surface area contributed by atoms with Gasteiger partial charge in [-0.15, -0.1) is 11.3 Å². The predicted molar refractivity (Wildman–Crippen MR) is 133 cm³/mol. The summed E-state index contributed by atoms with van der Waals surface area (Å²) in [5.41, 5.74) is 1.78. The Morgan fingerprint density at radius 3 is 2.68 bits per heavy atom. The van der Waals surface area contributed by atoms with Gasteiger partial charge in [0, 0.05) is 45.7 Å². The lowest BCUT2D eigenvalue weighted by Crippen LogP contribution is -2.46. The smallest absolute Gasteiger partial charge is 0.270 e. The molecule has 0 fully saturated rings. The minimum absolute atomic E-state index is 0.154. The molecule has 7 nitrogen and oxygen atoms in total. The van der Waals surface area contributed by atoms with Gasteiger partial charge in [0.05, 0.1) is 11.0 Å². The highest BCUT2D eigenvalue weighted by molar-refractivity contribution is 7.10. The van der Waals surface area contributed by atoms with E-state index in [1.165, 1.54) is 34.0 Å². The summed E-state index contributed by atoms with van der Waals surface area (Å²) in [5.74, 6) is -0.664. The zero-order chi connectivity index (χ0) is 24.4. The maximum Gasteiger partial charge on any atom is 0.270 e. The lowest BCUT2D eigenvalue weighted by molar-refractivity contribution is -0.384. The van der Waals surface area contributed by atoms with Crippen LogP contribution in [0.3, 0.4) is 0 Å². The van der Waals surface area contributed by atoms with Crippen LogP contribution in [0.5, 0.6) is 0 Å². The van der Waals surface area contributed by atoms with Gasteiger partial charge in [0.15, 0.2) is 0 Å². The number of thiophene rings is 1. The fourth-order valence-electron chi connectivity index (χ4n) is 4.16. The van der Waals surface area contributed by atoms with Crippen molar-refractivity contribution >= 4 is 52.0 Å². The molecule has 2 heterocycles. The number of fused-ring (bicyclic) bond motifs is 1. The third-order valence-electron chi connectivity index (χ3n) is 5.84. The summed E-state index contributed by atoms with van der Waals surface area (Å²) in [5, 5.41) is 14.1. The van der Waals surface area contributed by atoms with Crippen LogP contribution < -0.4 is 0 Å².